The molecular weight excluding hydrogens is 308 g/mol. The molecule has 0 unspecified atom stereocenters. The molecule has 21 heavy (non-hydrogen) atoms. The van der Waals surface area contributed by atoms with Crippen molar-refractivity contribution in [2.75, 3.05) is 32.7 Å². The van der Waals surface area contributed by atoms with Gasteiger partial charge in [0.05, 0.1) is 21.4 Å². The maximum Gasteiger partial charge on any atom is 0.264 e. The van der Waals surface area contributed by atoms with Crippen LogP contribution in [0.2, 0.25) is 4.34 Å². The molecule has 0 aliphatic carbocycles. The van der Waals surface area contributed by atoms with Crippen LogP contribution in [0, 0.1) is 0 Å². The molecular formula is C15H21ClN2O2S. The summed E-state index contributed by atoms with van der Waals surface area (Å²) in [4.78, 5) is 17.2. The van der Waals surface area contributed by atoms with Gasteiger partial charge in [-0.25, -0.2) is 0 Å². The first-order valence-electron chi connectivity index (χ1n) is 7.55. The predicted octanol–water partition coefficient (Wildman–Crippen LogP) is 2.46. The van der Waals surface area contributed by atoms with Crippen LogP contribution in [0.3, 0.4) is 0 Å². The second-order valence-electron chi connectivity index (χ2n) is 6.14. The Bertz CT molecular complexity index is 516. The molecule has 2 aliphatic rings. The summed E-state index contributed by atoms with van der Waals surface area (Å²) in [7, 11) is 0. The number of amides is 1. The zero-order chi connectivity index (χ0) is 14.9. The largest absolute Gasteiger partial charge is 0.387 e. The van der Waals surface area contributed by atoms with E-state index in [1.165, 1.54) is 24.2 Å². The molecule has 2 saturated heterocycles. The fraction of sp³-hybridized carbons (Fsp3) is 0.667. The van der Waals surface area contributed by atoms with Crippen molar-refractivity contribution >= 4 is 28.8 Å². The fourth-order valence-corrected chi connectivity index (χ4v) is 4.37. The first kappa shape index (κ1) is 15.3. The van der Waals surface area contributed by atoms with Gasteiger partial charge in [0.25, 0.3) is 5.91 Å². The molecule has 0 spiro atoms. The summed E-state index contributed by atoms with van der Waals surface area (Å²) >= 11 is 7.21. The van der Waals surface area contributed by atoms with Crippen molar-refractivity contribution in [3.05, 3.63) is 21.3 Å². The number of hydrogen-bond acceptors (Lipinski definition) is 4. The molecule has 0 aromatic carbocycles. The Morgan fingerprint density at radius 2 is 2.05 bits per heavy atom. The van der Waals surface area contributed by atoms with Crippen molar-refractivity contribution in [1.29, 1.82) is 0 Å². The van der Waals surface area contributed by atoms with Gasteiger partial charge >= 0.3 is 0 Å². The molecule has 1 amide bonds. The SMILES string of the molecule is O=C(c1ccc(Cl)s1)N1CCC[C@@](O)(CN2CCCC2)C1. The van der Waals surface area contributed by atoms with Crippen molar-refractivity contribution in [2.45, 2.75) is 31.3 Å². The van der Waals surface area contributed by atoms with E-state index < -0.39 is 5.60 Å². The summed E-state index contributed by atoms with van der Waals surface area (Å²) < 4.78 is 0.627. The maximum atomic E-state index is 12.5. The minimum absolute atomic E-state index is 0.00792. The van der Waals surface area contributed by atoms with E-state index in [1.807, 2.05) is 0 Å². The van der Waals surface area contributed by atoms with Gasteiger partial charge in [0.1, 0.15) is 0 Å². The molecule has 0 bridgehead atoms. The lowest BCUT2D eigenvalue weighted by molar-refractivity contribution is -0.0430. The summed E-state index contributed by atoms with van der Waals surface area (Å²) in [5.74, 6) is -0.00792. The molecule has 0 radical (unpaired) electrons. The summed E-state index contributed by atoms with van der Waals surface area (Å²) in [5, 5.41) is 10.8. The van der Waals surface area contributed by atoms with Gasteiger partial charge in [-0.3, -0.25) is 4.79 Å². The van der Waals surface area contributed by atoms with Gasteiger partial charge in [-0.05, 0) is 50.9 Å². The van der Waals surface area contributed by atoms with E-state index in [0.717, 1.165) is 32.5 Å². The number of β-amino-alcohol motifs (C(OH)–C–C–N with tert-alkyl or cyclic N) is 1. The highest BCUT2D eigenvalue weighted by molar-refractivity contribution is 7.17. The highest BCUT2D eigenvalue weighted by Gasteiger charge is 2.37. The first-order chi connectivity index (χ1) is 10.1. The minimum Gasteiger partial charge on any atom is -0.387 e. The van der Waals surface area contributed by atoms with Crippen LogP contribution in [-0.4, -0.2) is 59.1 Å². The summed E-state index contributed by atoms with van der Waals surface area (Å²) in [6.45, 7) is 3.96. The van der Waals surface area contributed by atoms with Crippen molar-refractivity contribution in [1.82, 2.24) is 9.80 Å². The average molecular weight is 329 g/mol. The molecule has 2 aliphatic heterocycles. The highest BCUT2D eigenvalue weighted by atomic mass is 35.5. The third-order valence-electron chi connectivity index (χ3n) is 4.34. The predicted molar refractivity (Wildman–Crippen MR) is 85.1 cm³/mol. The van der Waals surface area contributed by atoms with Crippen LogP contribution in [0.25, 0.3) is 0 Å². The number of nitrogens with zero attached hydrogens (tertiary/aromatic N) is 2. The molecule has 3 heterocycles. The first-order valence-corrected chi connectivity index (χ1v) is 8.75. The van der Waals surface area contributed by atoms with Gasteiger partial charge in [0.2, 0.25) is 0 Å². The van der Waals surface area contributed by atoms with E-state index in [1.54, 1.807) is 17.0 Å². The molecule has 0 saturated carbocycles. The Morgan fingerprint density at radius 3 is 2.71 bits per heavy atom. The Kier molecular flexibility index (Phi) is 4.54. The van der Waals surface area contributed by atoms with E-state index in [2.05, 4.69) is 4.90 Å². The lowest BCUT2D eigenvalue weighted by Gasteiger charge is -2.41. The number of carbonyl (C=O) groups excluding carboxylic acids is 1. The van der Waals surface area contributed by atoms with Crippen LogP contribution in [0.5, 0.6) is 0 Å². The molecule has 6 heteroatoms. The third kappa shape index (κ3) is 3.59. The monoisotopic (exact) mass is 328 g/mol. The molecule has 1 aromatic rings. The number of aliphatic hydroxyl groups is 1. The van der Waals surface area contributed by atoms with Crippen molar-refractivity contribution in [3.63, 3.8) is 0 Å². The Morgan fingerprint density at radius 1 is 1.29 bits per heavy atom. The van der Waals surface area contributed by atoms with E-state index in [0.29, 0.717) is 22.3 Å². The van der Waals surface area contributed by atoms with Crippen LogP contribution in [0.4, 0.5) is 0 Å². The Balaban J connectivity index is 1.65. The average Bonchev–Trinajstić information content (AvgIpc) is 3.09. The van der Waals surface area contributed by atoms with Gasteiger partial charge in [-0.1, -0.05) is 11.6 Å². The number of hydrogen-bond donors (Lipinski definition) is 1. The number of rotatable bonds is 3. The van der Waals surface area contributed by atoms with Crippen molar-refractivity contribution in [2.24, 2.45) is 0 Å². The summed E-state index contributed by atoms with van der Waals surface area (Å²) in [6, 6.07) is 3.52. The lowest BCUT2D eigenvalue weighted by atomic mass is 9.92. The second kappa shape index (κ2) is 6.24. The lowest BCUT2D eigenvalue weighted by Crippen LogP contribution is -2.55. The van der Waals surface area contributed by atoms with Gasteiger partial charge in [-0.2, -0.15) is 0 Å². The molecule has 1 N–H and O–H groups in total. The van der Waals surface area contributed by atoms with Crippen LogP contribution < -0.4 is 0 Å². The molecule has 1 atom stereocenters. The van der Waals surface area contributed by atoms with Crippen LogP contribution >= 0.6 is 22.9 Å². The normalized spacial score (nSPS) is 27.2. The van der Waals surface area contributed by atoms with Crippen molar-refractivity contribution in [3.8, 4) is 0 Å². The van der Waals surface area contributed by atoms with Gasteiger partial charge in [0.15, 0.2) is 0 Å². The van der Waals surface area contributed by atoms with E-state index in [-0.39, 0.29) is 5.91 Å². The fourth-order valence-electron chi connectivity index (χ4n) is 3.36. The third-order valence-corrected chi connectivity index (χ3v) is 5.56. The zero-order valence-electron chi connectivity index (χ0n) is 12.1. The van der Waals surface area contributed by atoms with Crippen molar-refractivity contribution < 1.29 is 9.90 Å². The molecule has 1 aromatic heterocycles. The van der Waals surface area contributed by atoms with Crippen LogP contribution in [0.1, 0.15) is 35.4 Å². The van der Waals surface area contributed by atoms with E-state index >= 15 is 0 Å². The van der Waals surface area contributed by atoms with Gasteiger partial charge in [-0.15, -0.1) is 11.3 Å². The quantitative estimate of drug-likeness (QED) is 0.927. The molecule has 3 rings (SSSR count). The number of piperidine rings is 1. The number of thiophene rings is 1. The molecule has 116 valence electrons. The number of carbonyl (C=O) groups is 1. The van der Waals surface area contributed by atoms with Crippen LogP contribution in [0.15, 0.2) is 12.1 Å². The van der Waals surface area contributed by atoms with Crippen LogP contribution in [-0.2, 0) is 0 Å². The van der Waals surface area contributed by atoms with E-state index in [9.17, 15) is 9.90 Å². The summed E-state index contributed by atoms with van der Waals surface area (Å²) in [5.41, 5.74) is -0.765. The Labute approximate surface area is 134 Å². The topological polar surface area (TPSA) is 43.8 Å². The highest BCUT2D eigenvalue weighted by Crippen LogP contribution is 2.28. The number of likely N-dealkylation sites (tertiary alicyclic amines) is 2. The Hall–Kier alpha value is -0.620. The second-order valence-corrected chi connectivity index (χ2v) is 7.86. The number of halogens is 1. The maximum absolute atomic E-state index is 12.5. The smallest absolute Gasteiger partial charge is 0.264 e. The standard InChI is InChI=1S/C15H21ClN2O2S/c16-13-5-4-12(21-13)14(19)18-9-3-6-15(20,11-18)10-17-7-1-2-8-17/h4-5,20H,1-3,6-11H2/t15-/m1/s1. The molecule has 4 nitrogen and oxygen atoms in total. The van der Waals surface area contributed by atoms with Gasteiger partial charge in [0, 0.05) is 13.1 Å². The van der Waals surface area contributed by atoms with Gasteiger partial charge < -0.3 is 14.9 Å². The zero-order valence-corrected chi connectivity index (χ0v) is 13.6. The van der Waals surface area contributed by atoms with E-state index in [4.69, 9.17) is 11.6 Å². The summed E-state index contributed by atoms with van der Waals surface area (Å²) in [6.07, 6.45) is 4.06. The molecule has 2 fully saturated rings. The minimum atomic E-state index is -0.765.